The van der Waals surface area contributed by atoms with E-state index in [0.717, 1.165) is 0 Å². The van der Waals surface area contributed by atoms with Crippen LogP contribution in [0.4, 0.5) is 16.0 Å². The van der Waals surface area contributed by atoms with Gasteiger partial charge in [-0.15, -0.1) is 10.2 Å². The second-order valence-electron chi connectivity index (χ2n) is 5.74. The molecule has 0 radical (unpaired) electrons. The van der Waals surface area contributed by atoms with Gasteiger partial charge in [0.1, 0.15) is 11.6 Å². The standard InChI is InChI=1S/C20H19FN4O3/c1-27-16-8-4-5-9-17(16)28-13-20(26)23-19-11-10-18(24-25-19)22-12-14-6-2-3-7-15(14)21/h2-11H,12-13H2,1H3,(H,22,24)(H,23,25,26). The molecule has 3 rings (SSSR count). The largest absolute Gasteiger partial charge is 0.493 e. The third-order valence-corrected chi connectivity index (χ3v) is 3.78. The van der Waals surface area contributed by atoms with Gasteiger partial charge in [-0.25, -0.2) is 4.39 Å². The molecule has 0 atom stereocenters. The molecule has 1 amide bonds. The normalized spacial score (nSPS) is 10.2. The fraction of sp³-hybridized carbons (Fsp3) is 0.150. The summed E-state index contributed by atoms with van der Waals surface area (Å²) in [7, 11) is 1.53. The van der Waals surface area contributed by atoms with Crippen LogP contribution in [0.5, 0.6) is 11.5 Å². The number of nitrogens with one attached hydrogen (secondary N) is 2. The quantitative estimate of drug-likeness (QED) is 0.622. The van der Waals surface area contributed by atoms with Crippen LogP contribution in [0, 0.1) is 5.82 Å². The van der Waals surface area contributed by atoms with E-state index in [-0.39, 0.29) is 30.7 Å². The molecule has 0 saturated heterocycles. The summed E-state index contributed by atoms with van der Waals surface area (Å²) in [4.78, 5) is 12.0. The molecular formula is C20H19FN4O3. The number of methoxy groups -OCH3 is 1. The van der Waals surface area contributed by atoms with Crippen molar-refractivity contribution in [3.63, 3.8) is 0 Å². The zero-order chi connectivity index (χ0) is 19.8. The van der Waals surface area contributed by atoms with Crippen LogP contribution in [-0.2, 0) is 11.3 Å². The van der Waals surface area contributed by atoms with E-state index in [1.54, 1.807) is 48.5 Å². The van der Waals surface area contributed by atoms with Crippen molar-refractivity contribution in [1.82, 2.24) is 10.2 Å². The molecule has 8 heteroatoms. The van der Waals surface area contributed by atoms with Gasteiger partial charge in [-0.1, -0.05) is 30.3 Å². The van der Waals surface area contributed by atoms with Crippen molar-refractivity contribution in [2.75, 3.05) is 24.4 Å². The van der Waals surface area contributed by atoms with Gasteiger partial charge in [0.2, 0.25) is 0 Å². The van der Waals surface area contributed by atoms with Crippen LogP contribution in [0.1, 0.15) is 5.56 Å². The van der Waals surface area contributed by atoms with Gasteiger partial charge in [-0.2, -0.15) is 0 Å². The molecule has 7 nitrogen and oxygen atoms in total. The maximum atomic E-state index is 13.6. The van der Waals surface area contributed by atoms with E-state index < -0.39 is 0 Å². The minimum atomic E-state index is -0.382. The van der Waals surface area contributed by atoms with Crippen molar-refractivity contribution >= 4 is 17.5 Å². The molecule has 0 spiro atoms. The fourth-order valence-corrected chi connectivity index (χ4v) is 2.38. The lowest BCUT2D eigenvalue weighted by Gasteiger charge is -2.10. The van der Waals surface area contributed by atoms with Gasteiger partial charge in [0.05, 0.1) is 7.11 Å². The van der Waals surface area contributed by atoms with Crippen molar-refractivity contribution in [3.05, 3.63) is 72.0 Å². The molecule has 0 aliphatic carbocycles. The number of aromatic nitrogens is 2. The van der Waals surface area contributed by atoms with E-state index in [1.165, 1.54) is 13.2 Å². The molecule has 2 aromatic carbocycles. The Morgan fingerprint density at radius 3 is 2.36 bits per heavy atom. The van der Waals surface area contributed by atoms with Crippen LogP contribution in [0.3, 0.4) is 0 Å². The monoisotopic (exact) mass is 382 g/mol. The zero-order valence-electron chi connectivity index (χ0n) is 15.2. The first kappa shape index (κ1) is 19.1. The van der Waals surface area contributed by atoms with Crippen LogP contribution in [-0.4, -0.2) is 29.8 Å². The molecule has 1 heterocycles. The molecule has 3 aromatic rings. The van der Waals surface area contributed by atoms with Gasteiger partial charge >= 0.3 is 0 Å². The highest BCUT2D eigenvalue weighted by molar-refractivity contribution is 5.90. The van der Waals surface area contributed by atoms with Gasteiger partial charge < -0.3 is 20.1 Å². The van der Waals surface area contributed by atoms with Crippen molar-refractivity contribution in [3.8, 4) is 11.5 Å². The van der Waals surface area contributed by atoms with E-state index in [4.69, 9.17) is 9.47 Å². The maximum absolute atomic E-state index is 13.6. The van der Waals surface area contributed by atoms with Crippen LogP contribution in [0.2, 0.25) is 0 Å². The summed E-state index contributed by atoms with van der Waals surface area (Å²) in [6.45, 7) is 0.0785. The van der Waals surface area contributed by atoms with Crippen molar-refractivity contribution in [2.45, 2.75) is 6.54 Å². The predicted octanol–water partition coefficient (Wildman–Crippen LogP) is 3.25. The second-order valence-corrected chi connectivity index (χ2v) is 5.74. The first-order valence-electron chi connectivity index (χ1n) is 8.52. The summed E-state index contributed by atoms with van der Waals surface area (Å²) >= 11 is 0. The highest BCUT2D eigenvalue weighted by Crippen LogP contribution is 2.25. The number of rotatable bonds is 8. The molecule has 28 heavy (non-hydrogen) atoms. The van der Waals surface area contributed by atoms with Gasteiger partial charge in [0.15, 0.2) is 23.9 Å². The lowest BCUT2D eigenvalue weighted by atomic mass is 10.2. The van der Waals surface area contributed by atoms with Crippen molar-refractivity contribution in [2.24, 2.45) is 0 Å². The number of carbonyl (C=O) groups is 1. The summed E-state index contributed by atoms with van der Waals surface area (Å²) in [5, 5.41) is 13.5. The number of para-hydroxylation sites is 2. The minimum absolute atomic E-state index is 0.199. The predicted molar refractivity (Wildman–Crippen MR) is 103 cm³/mol. The molecule has 0 fully saturated rings. The van der Waals surface area contributed by atoms with Crippen molar-refractivity contribution < 1.29 is 18.7 Å². The molecule has 0 aliphatic rings. The molecular weight excluding hydrogens is 363 g/mol. The molecule has 2 N–H and O–H groups in total. The third kappa shape index (κ3) is 5.16. The average molecular weight is 382 g/mol. The number of halogens is 1. The number of carbonyl (C=O) groups excluding carboxylic acids is 1. The Morgan fingerprint density at radius 1 is 0.964 bits per heavy atom. The Bertz CT molecular complexity index is 935. The van der Waals surface area contributed by atoms with Crippen LogP contribution < -0.4 is 20.1 Å². The molecule has 0 bridgehead atoms. The summed E-state index contributed by atoms with van der Waals surface area (Å²) in [5.41, 5.74) is 0.523. The van der Waals surface area contributed by atoms with Gasteiger partial charge in [0.25, 0.3) is 5.91 Å². The zero-order valence-corrected chi connectivity index (χ0v) is 15.2. The van der Waals surface area contributed by atoms with Gasteiger partial charge in [0, 0.05) is 12.1 Å². The SMILES string of the molecule is COc1ccccc1OCC(=O)Nc1ccc(NCc2ccccc2F)nn1. The summed E-state index contributed by atoms with van der Waals surface area (Å²) < 4.78 is 24.2. The Balaban J connectivity index is 1.49. The van der Waals surface area contributed by atoms with E-state index in [2.05, 4.69) is 20.8 Å². The van der Waals surface area contributed by atoms with E-state index >= 15 is 0 Å². The average Bonchev–Trinajstić information content (AvgIpc) is 2.73. The van der Waals surface area contributed by atoms with Crippen molar-refractivity contribution in [1.29, 1.82) is 0 Å². The number of hydrogen-bond acceptors (Lipinski definition) is 6. The van der Waals surface area contributed by atoms with Crippen LogP contribution in [0.25, 0.3) is 0 Å². The lowest BCUT2D eigenvalue weighted by molar-refractivity contribution is -0.118. The number of ether oxygens (including phenoxy) is 2. The highest BCUT2D eigenvalue weighted by atomic mass is 19.1. The van der Waals surface area contributed by atoms with E-state index in [0.29, 0.717) is 22.9 Å². The molecule has 0 unspecified atom stereocenters. The third-order valence-electron chi connectivity index (χ3n) is 3.78. The fourth-order valence-electron chi connectivity index (χ4n) is 2.38. The van der Waals surface area contributed by atoms with Gasteiger partial charge in [-0.3, -0.25) is 4.79 Å². The highest BCUT2D eigenvalue weighted by Gasteiger charge is 2.08. The molecule has 0 aliphatic heterocycles. The summed E-state index contributed by atoms with van der Waals surface area (Å²) in [6, 6.07) is 16.8. The first-order valence-corrected chi connectivity index (χ1v) is 8.52. The number of hydrogen-bond donors (Lipinski definition) is 2. The van der Waals surface area contributed by atoms with E-state index in [1.807, 2.05) is 6.07 Å². The van der Waals surface area contributed by atoms with Crippen LogP contribution in [0.15, 0.2) is 60.7 Å². The summed E-state index contributed by atoms with van der Waals surface area (Å²) in [5.74, 6) is 1.09. The lowest BCUT2D eigenvalue weighted by Crippen LogP contribution is -2.21. The Morgan fingerprint density at radius 2 is 1.64 bits per heavy atom. The smallest absolute Gasteiger partial charge is 0.263 e. The topological polar surface area (TPSA) is 85.4 Å². The Labute approximate surface area is 161 Å². The maximum Gasteiger partial charge on any atom is 0.263 e. The molecule has 144 valence electrons. The van der Waals surface area contributed by atoms with Crippen LogP contribution >= 0.6 is 0 Å². The second kappa shape index (κ2) is 9.31. The Kier molecular flexibility index (Phi) is 6.35. The van der Waals surface area contributed by atoms with E-state index in [9.17, 15) is 9.18 Å². The molecule has 0 saturated carbocycles. The van der Waals surface area contributed by atoms with Gasteiger partial charge in [-0.05, 0) is 30.3 Å². The molecule has 1 aromatic heterocycles. The summed E-state index contributed by atoms with van der Waals surface area (Å²) in [6.07, 6.45) is 0. The Hall–Kier alpha value is -3.68. The number of nitrogens with zero attached hydrogens (tertiary/aromatic N) is 2. The number of benzene rings is 2. The first-order chi connectivity index (χ1) is 13.7. The number of anilines is 2. The minimum Gasteiger partial charge on any atom is -0.493 e. The number of amides is 1.